The van der Waals surface area contributed by atoms with Crippen LogP contribution in [-0.4, -0.2) is 30.3 Å². The summed E-state index contributed by atoms with van der Waals surface area (Å²) in [5, 5.41) is 3.19. The highest BCUT2D eigenvalue weighted by molar-refractivity contribution is 5.92. The molecule has 0 atom stereocenters. The van der Waals surface area contributed by atoms with Gasteiger partial charge in [0.05, 0.1) is 5.56 Å². The van der Waals surface area contributed by atoms with Gasteiger partial charge in [0, 0.05) is 11.1 Å². The number of esters is 1. The van der Waals surface area contributed by atoms with Crippen molar-refractivity contribution in [3.8, 4) is 0 Å². The molecule has 5 heteroatoms. The molecule has 25 heavy (non-hydrogen) atoms. The van der Waals surface area contributed by atoms with Gasteiger partial charge in [-0.2, -0.15) is 0 Å². The fraction of sp³-hybridized carbons (Fsp3) is 0.550. The molecular weight excluding hydrogens is 318 g/mol. The molecule has 1 amide bonds. The van der Waals surface area contributed by atoms with E-state index in [1.807, 2.05) is 0 Å². The standard InChI is InChI=1S/C20H23NO4/c22-11-13-1-3-17(4-2-13)19(24)25-12-18(23)21-20-8-14-5-15(9-20)7-16(6-14)10-20/h1-4,11,14-16H,5-10,12H2,(H,21,23). The summed E-state index contributed by atoms with van der Waals surface area (Å²) in [6, 6.07) is 6.17. The highest BCUT2D eigenvalue weighted by atomic mass is 16.5. The third-order valence-corrected chi connectivity index (χ3v) is 6.06. The van der Waals surface area contributed by atoms with Crippen molar-refractivity contribution >= 4 is 18.2 Å². The molecule has 1 aromatic carbocycles. The molecule has 0 radical (unpaired) electrons. The molecule has 4 saturated carbocycles. The van der Waals surface area contributed by atoms with Gasteiger partial charge in [0.25, 0.3) is 5.91 Å². The summed E-state index contributed by atoms with van der Waals surface area (Å²) >= 11 is 0. The number of aldehydes is 1. The molecule has 0 heterocycles. The van der Waals surface area contributed by atoms with Crippen molar-refractivity contribution in [1.82, 2.24) is 5.32 Å². The molecular formula is C20H23NO4. The van der Waals surface area contributed by atoms with Gasteiger partial charge in [-0.1, -0.05) is 12.1 Å². The van der Waals surface area contributed by atoms with Crippen LogP contribution in [0, 0.1) is 17.8 Å². The van der Waals surface area contributed by atoms with Gasteiger partial charge in [-0.25, -0.2) is 4.79 Å². The summed E-state index contributed by atoms with van der Waals surface area (Å²) in [7, 11) is 0. The van der Waals surface area contributed by atoms with E-state index < -0.39 is 5.97 Å². The van der Waals surface area contributed by atoms with Crippen molar-refractivity contribution in [2.75, 3.05) is 6.61 Å². The summed E-state index contributed by atoms with van der Waals surface area (Å²) in [4.78, 5) is 35.0. The number of hydrogen-bond acceptors (Lipinski definition) is 4. The van der Waals surface area contributed by atoms with Crippen molar-refractivity contribution in [2.45, 2.75) is 44.1 Å². The van der Waals surface area contributed by atoms with Gasteiger partial charge >= 0.3 is 5.97 Å². The third kappa shape index (κ3) is 3.32. The van der Waals surface area contributed by atoms with Gasteiger partial charge < -0.3 is 10.1 Å². The van der Waals surface area contributed by atoms with Gasteiger partial charge in [-0.15, -0.1) is 0 Å². The first-order valence-corrected chi connectivity index (χ1v) is 9.09. The summed E-state index contributed by atoms with van der Waals surface area (Å²) in [5.41, 5.74) is 0.772. The number of ether oxygens (including phenoxy) is 1. The maximum absolute atomic E-state index is 12.3. The Kier molecular flexibility index (Phi) is 4.10. The molecule has 0 saturated heterocycles. The Hall–Kier alpha value is -2.17. The van der Waals surface area contributed by atoms with E-state index in [-0.39, 0.29) is 18.1 Å². The minimum atomic E-state index is -0.543. The third-order valence-electron chi connectivity index (χ3n) is 6.06. The molecule has 5 rings (SSSR count). The zero-order chi connectivity index (χ0) is 17.4. The van der Waals surface area contributed by atoms with E-state index in [9.17, 15) is 14.4 Å². The number of amides is 1. The SMILES string of the molecule is O=Cc1ccc(C(=O)OCC(=O)NC23CC4CC(CC(C4)C2)C3)cc1. The lowest BCUT2D eigenvalue weighted by atomic mass is 9.53. The lowest BCUT2D eigenvalue weighted by Gasteiger charge is -2.56. The Balaban J connectivity index is 1.32. The number of nitrogens with one attached hydrogen (secondary N) is 1. The van der Waals surface area contributed by atoms with Crippen LogP contribution in [0.15, 0.2) is 24.3 Å². The summed E-state index contributed by atoms with van der Waals surface area (Å²) in [5.74, 6) is 1.51. The second-order valence-corrected chi connectivity index (χ2v) is 8.06. The van der Waals surface area contributed by atoms with Gasteiger partial charge in [0.15, 0.2) is 6.61 Å². The normalized spacial score (nSPS) is 32.2. The Morgan fingerprint density at radius 2 is 1.60 bits per heavy atom. The number of rotatable bonds is 5. The average Bonchev–Trinajstić information content (AvgIpc) is 2.58. The average molecular weight is 341 g/mol. The zero-order valence-electron chi connectivity index (χ0n) is 14.2. The van der Waals surface area contributed by atoms with Crippen molar-refractivity contribution in [3.05, 3.63) is 35.4 Å². The summed E-state index contributed by atoms with van der Waals surface area (Å²) < 4.78 is 5.14. The van der Waals surface area contributed by atoms with Crippen LogP contribution in [-0.2, 0) is 9.53 Å². The first kappa shape index (κ1) is 16.3. The minimum absolute atomic E-state index is 0.0656. The van der Waals surface area contributed by atoms with Crippen LogP contribution >= 0.6 is 0 Å². The topological polar surface area (TPSA) is 72.5 Å². The number of carbonyl (C=O) groups is 3. The fourth-order valence-electron chi connectivity index (χ4n) is 5.51. The second kappa shape index (κ2) is 6.28. The molecule has 4 bridgehead atoms. The molecule has 4 aliphatic rings. The highest BCUT2D eigenvalue weighted by Crippen LogP contribution is 2.55. The highest BCUT2D eigenvalue weighted by Gasteiger charge is 2.51. The molecule has 1 aromatic rings. The summed E-state index contributed by atoms with van der Waals surface area (Å²) in [6.07, 6.45) is 7.90. The molecule has 5 nitrogen and oxygen atoms in total. The van der Waals surface area contributed by atoms with E-state index in [0.717, 1.165) is 37.0 Å². The Morgan fingerprint density at radius 3 is 2.12 bits per heavy atom. The van der Waals surface area contributed by atoms with Gasteiger partial charge in [-0.3, -0.25) is 9.59 Å². The second-order valence-electron chi connectivity index (χ2n) is 8.06. The van der Waals surface area contributed by atoms with Crippen LogP contribution in [0.2, 0.25) is 0 Å². The maximum Gasteiger partial charge on any atom is 0.338 e. The van der Waals surface area contributed by atoms with E-state index in [2.05, 4.69) is 5.32 Å². The van der Waals surface area contributed by atoms with Crippen molar-refractivity contribution in [2.24, 2.45) is 17.8 Å². The van der Waals surface area contributed by atoms with Crippen molar-refractivity contribution < 1.29 is 19.1 Å². The van der Waals surface area contributed by atoms with Crippen molar-refractivity contribution in [1.29, 1.82) is 0 Å². The molecule has 132 valence electrons. The van der Waals surface area contributed by atoms with Gasteiger partial charge in [-0.05, 0) is 68.4 Å². The van der Waals surface area contributed by atoms with E-state index >= 15 is 0 Å². The predicted octanol–water partition coefficient (Wildman–Crippen LogP) is 2.74. The van der Waals surface area contributed by atoms with Crippen LogP contribution in [0.3, 0.4) is 0 Å². The van der Waals surface area contributed by atoms with Crippen LogP contribution < -0.4 is 5.32 Å². The van der Waals surface area contributed by atoms with Crippen LogP contribution in [0.1, 0.15) is 59.2 Å². The maximum atomic E-state index is 12.3. The largest absolute Gasteiger partial charge is 0.452 e. The first-order valence-electron chi connectivity index (χ1n) is 9.09. The van der Waals surface area contributed by atoms with E-state index in [0.29, 0.717) is 17.4 Å². The Morgan fingerprint density at radius 1 is 1.04 bits per heavy atom. The minimum Gasteiger partial charge on any atom is -0.452 e. The lowest BCUT2D eigenvalue weighted by molar-refractivity contribution is -0.130. The first-order chi connectivity index (χ1) is 12.0. The molecule has 0 aliphatic heterocycles. The molecule has 0 aromatic heterocycles. The molecule has 4 aliphatic carbocycles. The summed E-state index contributed by atoms with van der Waals surface area (Å²) in [6.45, 7) is -0.254. The van der Waals surface area contributed by atoms with E-state index in [4.69, 9.17) is 4.74 Å². The van der Waals surface area contributed by atoms with E-state index in [1.165, 1.54) is 31.4 Å². The van der Waals surface area contributed by atoms with Gasteiger partial charge in [0.2, 0.25) is 0 Å². The van der Waals surface area contributed by atoms with Crippen LogP contribution in [0.5, 0.6) is 0 Å². The molecule has 0 unspecified atom stereocenters. The lowest BCUT2D eigenvalue weighted by Crippen LogP contribution is -2.60. The number of benzene rings is 1. The van der Waals surface area contributed by atoms with Gasteiger partial charge in [0.1, 0.15) is 6.29 Å². The molecule has 1 N–H and O–H groups in total. The molecule has 0 spiro atoms. The Labute approximate surface area is 147 Å². The number of hydrogen-bond donors (Lipinski definition) is 1. The zero-order valence-corrected chi connectivity index (χ0v) is 14.2. The fourth-order valence-corrected chi connectivity index (χ4v) is 5.51. The van der Waals surface area contributed by atoms with Crippen LogP contribution in [0.25, 0.3) is 0 Å². The smallest absolute Gasteiger partial charge is 0.338 e. The number of carbonyl (C=O) groups excluding carboxylic acids is 3. The monoisotopic (exact) mass is 341 g/mol. The predicted molar refractivity (Wildman–Crippen MR) is 91.2 cm³/mol. The quantitative estimate of drug-likeness (QED) is 0.660. The Bertz CT molecular complexity index is 659. The van der Waals surface area contributed by atoms with Crippen LogP contribution in [0.4, 0.5) is 0 Å². The van der Waals surface area contributed by atoms with E-state index in [1.54, 1.807) is 12.1 Å². The molecule has 4 fully saturated rings. The van der Waals surface area contributed by atoms with Crippen molar-refractivity contribution in [3.63, 3.8) is 0 Å².